The summed E-state index contributed by atoms with van der Waals surface area (Å²) in [5.74, 6) is -0.370. The van der Waals surface area contributed by atoms with Crippen LogP contribution in [0.2, 0.25) is 0 Å². The molecule has 6 heteroatoms. The number of nitrogens with zero attached hydrogens (tertiary/aromatic N) is 1. The molecule has 2 N–H and O–H groups in total. The van der Waals surface area contributed by atoms with E-state index >= 15 is 0 Å². The van der Waals surface area contributed by atoms with Gasteiger partial charge in [-0.3, -0.25) is 9.59 Å². The van der Waals surface area contributed by atoms with E-state index in [0.717, 1.165) is 5.69 Å². The van der Waals surface area contributed by atoms with Gasteiger partial charge in [0.2, 0.25) is 5.91 Å². The second-order valence-electron chi connectivity index (χ2n) is 5.91. The number of benzene rings is 1. The van der Waals surface area contributed by atoms with Gasteiger partial charge in [0.1, 0.15) is 0 Å². The Labute approximate surface area is 133 Å². The highest BCUT2D eigenvalue weighted by Crippen LogP contribution is 2.20. The van der Waals surface area contributed by atoms with Gasteiger partial charge in [-0.15, -0.1) is 11.3 Å². The van der Waals surface area contributed by atoms with Crippen molar-refractivity contribution < 1.29 is 9.59 Å². The molecule has 1 aromatic heterocycles. The van der Waals surface area contributed by atoms with E-state index in [2.05, 4.69) is 15.6 Å². The quantitative estimate of drug-likeness (QED) is 0.910. The first-order chi connectivity index (χ1) is 10.4. The number of anilines is 1. The van der Waals surface area contributed by atoms with Gasteiger partial charge in [0.05, 0.1) is 29.0 Å². The number of carbonyl (C=O) groups excluding carboxylic acids is 2. The number of para-hydroxylation sites is 1. The Morgan fingerprint density at radius 1 is 1.23 bits per heavy atom. The van der Waals surface area contributed by atoms with E-state index in [0.29, 0.717) is 17.8 Å². The van der Waals surface area contributed by atoms with Crippen molar-refractivity contribution in [2.45, 2.75) is 27.3 Å². The predicted octanol–water partition coefficient (Wildman–Crippen LogP) is 3.06. The van der Waals surface area contributed by atoms with Crippen LogP contribution in [0.25, 0.3) is 0 Å². The summed E-state index contributed by atoms with van der Waals surface area (Å²) < 4.78 is 0. The summed E-state index contributed by atoms with van der Waals surface area (Å²) in [6, 6.07) is 6.97. The first-order valence-corrected chi connectivity index (χ1v) is 7.88. The molecule has 0 unspecified atom stereocenters. The van der Waals surface area contributed by atoms with Crippen molar-refractivity contribution >= 4 is 28.8 Å². The van der Waals surface area contributed by atoms with Crippen molar-refractivity contribution in [3.05, 3.63) is 46.4 Å². The molecule has 0 bridgehead atoms. The fourth-order valence-corrected chi connectivity index (χ4v) is 2.25. The van der Waals surface area contributed by atoms with Crippen molar-refractivity contribution in [2.75, 3.05) is 5.32 Å². The van der Waals surface area contributed by atoms with Crippen molar-refractivity contribution in [1.82, 2.24) is 10.3 Å². The van der Waals surface area contributed by atoms with E-state index in [-0.39, 0.29) is 11.8 Å². The van der Waals surface area contributed by atoms with Gasteiger partial charge in [-0.05, 0) is 12.1 Å². The second kappa shape index (κ2) is 6.70. The lowest BCUT2D eigenvalue weighted by atomic mass is 9.95. The number of thiazole rings is 1. The van der Waals surface area contributed by atoms with Crippen molar-refractivity contribution in [2.24, 2.45) is 5.41 Å². The van der Waals surface area contributed by atoms with Gasteiger partial charge >= 0.3 is 0 Å². The van der Waals surface area contributed by atoms with Crippen LogP contribution in [0.1, 0.15) is 36.8 Å². The first kappa shape index (κ1) is 16.2. The topological polar surface area (TPSA) is 71.1 Å². The highest BCUT2D eigenvalue weighted by Gasteiger charge is 2.23. The van der Waals surface area contributed by atoms with Crippen LogP contribution in [-0.2, 0) is 11.3 Å². The third-order valence-electron chi connectivity index (χ3n) is 3.01. The zero-order valence-electron chi connectivity index (χ0n) is 12.8. The fourth-order valence-electron chi connectivity index (χ4n) is 1.69. The van der Waals surface area contributed by atoms with Crippen LogP contribution in [0.3, 0.4) is 0 Å². The van der Waals surface area contributed by atoms with Gasteiger partial charge in [-0.25, -0.2) is 4.98 Å². The number of rotatable bonds is 4. The van der Waals surface area contributed by atoms with E-state index in [1.54, 1.807) is 29.8 Å². The number of nitrogens with one attached hydrogen (secondary N) is 2. The lowest BCUT2D eigenvalue weighted by Gasteiger charge is -2.19. The Hall–Kier alpha value is -2.21. The maximum Gasteiger partial charge on any atom is 0.253 e. The second-order valence-corrected chi connectivity index (χ2v) is 6.63. The minimum absolute atomic E-state index is 0.132. The Kier molecular flexibility index (Phi) is 4.92. The molecule has 0 aliphatic rings. The summed E-state index contributed by atoms with van der Waals surface area (Å²) >= 11 is 1.48. The zero-order chi connectivity index (χ0) is 16.2. The molecular formula is C16H19N3O2S. The van der Waals surface area contributed by atoms with E-state index in [1.165, 1.54) is 11.3 Å². The molecule has 0 atom stereocenters. The van der Waals surface area contributed by atoms with Crippen LogP contribution in [0.5, 0.6) is 0 Å². The number of hydrogen-bond donors (Lipinski definition) is 2. The number of hydrogen-bond acceptors (Lipinski definition) is 4. The van der Waals surface area contributed by atoms with Crippen LogP contribution in [0.4, 0.5) is 5.69 Å². The zero-order valence-corrected chi connectivity index (χ0v) is 13.7. The highest BCUT2D eigenvalue weighted by molar-refractivity contribution is 7.07. The molecule has 0 radical (unpaired) electrons. The van der Waals surface area contributed by atoms with Gasteiger partial charge in [-0.2, -0.15) is 0 Å². The largest absolute Gasteiger partial charge is 0.346 e. The SMILES string of the molecule is CC(C)(C)C(=O)Nc1ccccc1C(=O)NCc1cscn1. The standard InChI is InChI=1S/C16H19N3O2S/c1-16(2,3)15(21)19-13-7-5-4-6-12(13)14(20)17-8-11-9-22-10-18-11/h4-7,9-10H,8H2,1-3H3,(H,17,20)(H,19,21). The normalized spacial score (nSPS) is 11.0. The molecule has 0 aliphatic heterocycles. The van der Waals surface area contributed by atoms with Crippen molar-refractivity contribution in [1.29, 1.82) is 0 Å². The average Bonchev–Trinajstić information content (AvgIpc) is 2.97. The molecule has 1 aromatic carbocycles. The molecule has 0 saturated carbocycles. The molecule has 2 aromatic rings. The van der Waals surface area contributed by atoms with Crippen LogP contribution in [0.15, 0.2) is 35.2 Å². The van der Waals surface area contributed by atoms with E-state index < -0.39 is 5.41 Å². The molecule has 0 fully saturated rings. The van der Waals surface area contributed by atoms with Gasteiger partial charge in [0.25, 0.3) is 5.91 Å². The van der Waals surface area contributed by atoms with Crippen LogP contribution in [-0.4, -0.2) is 16.8 Å². The van der Waals surface area contributed by atoms with E-state index in [1.807, 2.05) is 26.2 Å². The van der Waals surface area contributed by atoms with Gasteiger partial charge in [0, 0.05) is 10.8 Å². The van der Waals surface area contributed by atoms with Gasteiger partial charge in [0.15, 0.2) is 0 Å². The highest BCUT2D eigenvalue weighted by atomic mass is 32.1. The maximum absolute atomic E-state index is 12.3. The lowest BCUT2D eigenvalue weighted by molar-refractivity contribution is -0.123. The van der Waals surface area contributed by atoms with Crippen molar-refractivity contribution in [3.8, 4) is 0 Å². The van der Waals surface area contributed by atoms with E-state index in [4.69, 9.17) is 0 Å². The molecular weight excluding hydrogens is 298 g/mol. The first-order valence-electron chi connectivity index (χ1n) is 6.93. The average molecular weight is 317 g/mol. The summed E-state index contributed by atoms with van der Waals surface area (Å²) in [5.41, 5.74) is 2.96. The van der Waals surface area contributed by atoms with Crippen LogP contribution in [0, 0.1) is 5.41 Å². The Morgan fingerprint density at radius 3 is 2.59 bits per heavy atom. The third kappa shape index (κ3) is 4.14. The monoisotopic (exact) mass is 317 g/mol. The Balaban J connectivity index is 2.10. The van der Waals surface area contributed by atoms with Crippen LogP contribution < -0.4 is 10.6 Å². The lowest BCUT2D eigenvalue weighted by Crippen LogP contribution is -2.30. The molecule has 22 heavy (non-hydrogen) atoms. The van der Waals surface area contributed by atoms with Gasteiger partial charge < -0.3 is 10.6 Å². The van der Waals surface area contributed by atoms with Crippen LogP contribution >= 0.6 is 11.3 Å². The van der Waals surface area contributed by atoms with E-state index in [9.17, 15) is 9.59 Å². The summed E-state index contributed by atoms with van der Waals surface area (Å²) in [7, 11) is 0. The molecule has 2 rings (SSSR count). The summed E-state index contributed by atoms with van der Waals surface area (Å²) in [6.07, 6.45) is 0. The Morgan fingerprint density at radius 2 is 1.95 bits per heavy atom. The fraction of sp³-hybridized carbons (Fsp3) is 0.312. The maximum atomic E-state index is 12.3. The van der Waals surface area contributed by atoms with Crippen molar-refractivity contribution in [3.63, 3.8) is 0 Å². The molecule has 0 aliphatic carbocycles. The summed E-state index contributed by atoms with van der Waals surface area (Å²) in [5, 5.41) is 7.50. The summed E-state index contributed by atoms with van der Waals surface area (Å²) in [4.78, 5) is 28.5. The summed E-state index contributed by atoms with van der Waals surface area (Å²) in [6.45, 7) is 5.84. The Bertz CT molecular complexity index is 660. The molecule has 0 spiro atoms. The molecule has 116 valence electrons. The van der Waals surface area contributed by atoms with Gasteiger partial charge in [-0.1, -0.05) is 32.9 Å². The number of amides is 2. The minimum atomic E-state index is -0.524. The smallest absolute Gasteiger partial charge is 0.253 e. The third-order valence-corrected chi connectivity index (χ3v) is 3.65. The molecule has 2 amide bonds. The predicted molar refractivity (Wildman–Crippen MR) is 87.8 cm³/mol. The number of carbonyl (C=O) groups is 2. The molecule has 1 heterocycles. The minimum Gasteiger partial charge on any atom is -0.346 e. The molecule has 5 nitrogen and oxygen atoms in total. The number of aromatic nitrogens is 1. The molecule has 0 saturated heterocycles.